The number of nitrogens with zero attached hydrogens (tertiary/aromatic N) is 1. The second-order valence-corrected chi connectivity index (χ2v) is 4.61. The molecular formula is C15H11N3O4. The molecule has 110 valence electrons. The van der Waals surface area contributed by atoms with Crippen molar-refractivity contribution in [3.63, 3.8) is 0 Å². The second kappa shape index (κ2) is 5.21. The number of hydrogen-bond acceptors (Lipinski definition) is 4. The van der Waals surface area contributed by atoms with Crippen LogP contribution in [0.15, 0.2) is 42.5 Å². The van der Waals surface area contributed by atoms with Crippen molar-refractivity contribution in [3.8, 4) is 5.75 Å². The number of aromatic nitrogens is 2. The predicted molar refractivity (Wildman–Crippen MR) is 79.1 cm³/mol. The summed E-state index contributed by atoms with van der Waals surface area (Å²) >= 11 is 0. The maximum Gasteiger partial charge on any atom is 0.339 e. The van der Waals surface area contributed by atoms with E-state index in [1.807, 2.05) is 6.07 Å². The van der Waals surface area contributed by atoms with E-state index in [0.29, 0.717) is 5.39 Å². The molecule has 3 rings (SSSR count). The van der Waals surface area contributed by atoms with Crippen molar-refractivity contribution >= 4 is 28.5 Å². The Labute approximate surface area is 124 Å². The number of amides is 1. The van der Waals surface area contributed by atoms with E-state index < -0.39 is 17.6 Å². The summed E-state index contributed by atoms with van der Waals surface area (Å²) < 4.78 is 0. The molecule has 0 bridgehead atoms. The number of benzene rings is 2. The van der Waals surface area contributed by atoms with E-state index in [0.717, 1.165) is 5.52 Å². The van der Waals surface area contributed by atoms with E-state index in [1.165, 1.54) is 18.2 Å². The van der Waals surface area contributed by atoms with Crippen molar-refractivity contribution < 1.29 is 19.8 Å². The number of H-pyrrole nitrogens is 1. The van der Waals surface area contributed by atoms with Gasteiger partial charge in [-0.3, -0.25) is 9.89 Å². The van der Waals surface area contributed by atoms with Crippen LogP contribution in [0.1, 0.15) is 20.8 Å². The number of carbonyl (C=O) groups is 2. The first kappa shape index (κ1) is 13.6. The number of carbonyl (C=O) groups excluding carboxylic acids is 1. The molecule has 2 aromatic carbocycles. The van der Waals surface area contributed by atoms with Crippen LogP contribution < -0.4 is 5.32 Å². The van der Waals surface area contributed by atoms with Gasteiger partial charge in [-0.15, -0.1) is 0 Å². The number of rotatable bonds is 3. The Balaban J connectivity index is 1.88. The molecule has 22 heavy (non-hydrogen) atoms. The number of aromatic hydroxyl groups is 1. The minimum atomic E-state index is -1.24. The summed E-state index contributed by atoms with van der Waals surface area (Å²) in [6.07, 6.45) is 0. The van der Waals surface area contributed by atoms with E-state index in [-0.39, 0.29) is 16.9 Å². The van der Waals surface area contributed by atoms with Crippen LogP contribution in [0.5, 0.6) is 5.75 Å². The number of fused-ring (bicyclic) bond motifs is 1. The molecule has 0 aliphatic rings. The Morgan fingerprint density at radius 3 is 2.64 bits per heavy atom. The normalized spacial score (nSPS) is 10.5. The van der Waals surface area contributed by atoms with Gasteiger partial charge in [0.25, 0.3) is 5.91 Å². The van der Waals surface area contributed by atoms with Crippen molar-refractivity contribution in [3.05, 3.63) is 53.7 Å². The van der Waals surface area contributed by atoms with Gasteiger partial charge < -0.3 is 15.5 Å². The molecule has 0 fully saturated rings. The summed E-state index contributed by atoms with van der Waals surface area (Å²) in [5, 5.41) is 28.4. The van der Waals surface area contributed by atoms with E-state index >= 15 is 0 Å². The van der Waals surface area contributed by atoms with Gasteiger partial charge >= 0.3 is 5.97 Å². The van der Waals surface area contributed by atoms with E-state index in [1.54, 1.807) is 18.2 Å². The van der Waals surface area contributed by atoms with Crippen LogP contribution in [0.3, 0.4) is 0 Å². The van der Waals surface area contributed by atoms with Crippen molar-refractivity contribution in [1.82, 2.24) is 10.2 Å². The zero-order chi connectivity index (χ0) is 15.7. The largest absolute Gasteiger partial charge is 0.507 e. The first-order valence-corrected chi connectivity index (χ1v) is 6.37. The average molecular weight is 297 g/mol. The van der Waals surface area contributed by atoms with Crippen molar-refractivity contribution in [1.29, 1.82) is 0 Å². The molecule has 0 unspecified atom stereocenters. The summed E-state index contributed by atoms with van der Waals surface area (Å²) in [7, 11) is 0. The number of aromatic carboxylic acids is 1. The van der Waals surface area contributed by atoms with Crippen LogP contribution >= 0.6 is 0 Å². The molecule has 3 aromatic rings. The summed E-state index contributed by atoms with van der Waals surface area (Å²) in [6.45, 7) is 0. The van der Waals surface area contributed by atoms with Gasteiger partial charge in [-0.1, -0.05) is 18.2 Å². The number of para-hydroxylation sites is 1. The quantitative estimate of drug-likeness (QED) is 0.591. The summed E-state index contributed by atoms with van der Waals surface area (Å²) in [5.41, 5.74) is 0.997. The molecule has 7 heteroatoms. The fraction of sp³-hybridized carbons (Fsp3) is 0. The minimum Gasteiger partial charge on any atom is -0.507 e. The molecule has 1 amide bonds. The van der Waals surface area contributed by atoms with Crippen LogP contribution in [-0.4, -0.2) is 32.3 Å². The van der Waals surface area contributed by atoms with Crippen molar-refractivity contribution in [2.75, 3.05) is 5.32 Å². The standard InChI is InChI=1S/C15H11N3O4/c19-12-7-8(5-6-10(12)15(21)22)16-14(20)13-9-3-1-2-4-11(9)17-18-13/h1-7,19H,(H,16,20)(H,17,18)(H,21,22). The molecule has 0 atom stereocenters. The van der Waals surface area contributed by atoms with Gasteiger partial charge in [-0.2, -0.15) is 5.10 Å². The molecule has 0 saturated heterocycles. The predicted octanol–water partition coefficient (Wildman–Crippen LogP) is 2.22. The molecular weight excluding hydrogens is 286 g/mol. The van der Waals surface area contributed by atoms with Crippen LogP contribution in [-0.2, 0) is 0 Å². The Morgan fingerprint density at radius 1 is 1.14 bits per heavy atom. The Bertz CT molecular complexity index is 885. The van der Waals surface area contributed by atoms with Crippen LogP contribution in [0.25, 0.3) is 10.9 Å². The number of carboxylic acids is 1. The lowest BCUT2D eigenvalue weighted by Crippen LogP contribution is -2.13. The lowest BCUT2D eigenvalue weighted by Gasteiger charge is -2.06. The van der Waals surface area contributed by atoms with E-state index in [4.69, 9.17) is 5.11 Å². The van der Waals surface area contributed by atoms with E-state index in [9.17, 15) is 14.7 Å². The third-order valence-corrected chi connectivity index (χ3v) is 3.17. The SMILES string of the molecule is O=C(O)c1ccc(NC(=O)c2n[nH]c3ccccc23)cc1O. The number of anilines is 1. The number of aromatic amines is 1. The first-order valence-electron chi connectivity index (χ1n) is 6.37. The van der Waals surface area contributed by atoms with Gasteiger partial charge in [0, 0.05) is 17.1 Å². The minimum absolute atomic E-state index is 0.220. The van der Waals surface area contributed by atoms with Gasteiger partial charge in [0.2, 0.25) is 0 Å². The Hall–Kier alpha value is -3.35. The molecule has 1 heterocycles. The molecule has 0 spiro atoms. The van der Waals surface area contributed by atoms with Gasteiger partial charge in [0.15, 0.2) is 5.69 Å². The third kappa shape index (κ3) is 2.35. The van der Waals surface area contributed by atoms with Crippen molar-refractivity contribution in [2.24, 2.45) is 0 Å². The maximum atomic E-state index is 12.2. The van der Waals surface area contributed by atoms with Gasteiger partial charge in [-0.25, -0.2) is 4.79 Å². The van der Waals surface area contributed by atoms with Crippen LogP contribution in [0.4, 0.5) is 5.69 Å². The van der Waals surface area contributed by atoms with Crippen LogP contribution in [0.2, 0.25) is 0 Å². The van der Waals surface area contributed by atoms with Gasteiger partial charge in [0.05, 0.1) is 5.52 Å². The molecule has 1 aromatic heterocycles. The summed E-state index contributed by atoms with van der Waals surface area (Å²) in [4.78, 5) is 23.1. The van der Waals surface area contributed by atoms with Gasteiger partial charge in [0.1, 0.15) is 11.3 Å². The topological polar surface area (TPSA) is 115 Å². The highest BCUT2D eigenvalue weighted by molar-refractivity contribution is 6.11. The highest BCUT2D eigenvalue weighted by Crippen LogP contribution is 2.23. The van der Waals surface area contributed by atoms with Gasteiger partial charge in [-0.05, 0) is 18.2 Å². The molecule has 0 aliphatic carbocycles. The molecule has 4 N–H and O–H groups in total. The average Bonchev–Trinajstić information content (AvgIpc) is 2.91. The zero-order valence-electron chi connectivity index (χ0n) is 11.2. The fourth-order valence-electron chi connectivity index (χ4n) is 2.12. The number of nitrogens with one attached hydrogen (secondary N) is 2. The van der Waals surface area contributed by atoms with Crippen LogP contribution in [0, 0.1) is 0 Å². The Morgan fingerprint density at radius 2 is 1.91 bits per heavy atom. The maximum absolute atomic E-state index is 12.2. The highest BCUT2D eigenvalue weighted by atomic mass is 16.4. The first-order chi connectivity index (χ1) is 10.6. The fourth-order valence-corrected chi connectivity index (χ4v) is 2.12. The molecule has 7 nitrogen and oxygen atoms in total. The Kier molecular flexibility index (Phi) is 3.23. The zero-order valence-corrected chi connectivity index (χ0v) is 11.2. The lowest BCUT2D eigenvalue weighted by atomic mass is 10.1. The molecule has 0 radical (unpaired) electrons. The molecule has 0 aliphatic heterocycles. The lowest BCUT2D eigenvalue weighted by molar-refractivity contribution is 0.0693. The third-order valence-electron chi connectivity index (χ3n) is 3.17. The van der Waals surface area contributed by atoms with Crippen molar-refractivity contribution in [2.45, 2.75) is 0 Å². The number of carboxylic acid groups (broad SMARTS) is 1. The summed E-state index contributed by atoms with van der Waals surface area (Å²) in [6, 6.07) is 11.0. The summed E-state index contributed by atoms with van der Waals surface area (Å²) in [5.74, 6) is -2.12. The molecule has 0 saturated carbocycles. The smallest absolute Gasteiger partial charge is 0.339 e. The number of phenols is 1. The number of hydrogen-bond donors (Lipinski definition) is 4. The highest BCUT2D eigenvalue weighted by Gasteiger charge is 2.15. The second-order valence-electron chi connectivity index (χ2n) is 4.61. The van der Waals surface area contributed by atoms with E-state index in [2.05, 4.69) is 15.5 Å². The monoisotopic (exact) mass is 297 g/mol.